The Morgan fingerprint density at radius 1 is 1.03 bits per heavy atom. The lowest BCUT2D eigenvalue weighted by atomic mass is 10.1. The van der Waals surface area contributed by atoms with Crippen LogP contribution in [0, 0.1) is 13.8 Å². The van der Waals surface area contributed by atoms with Crippen molar-refractivity contribution in [2.24, 2.45) is 0 Å². The van der Waals surface area contributed by atoms with Gasteiger partial charge in [-0.3, -0.25) is 20.4 Å². The molecule has 9 heteroatoms. The molecule has 0 aromatic heterocycles. The average molecular weight is 434 g/mol. The van der Waals surface area contributed by atoms with Gasteiger partial charge in [0.1, 0.15) is 5.75 Å². The van der Waals surface area contributed by atoms with E-state index < -0.39 is 22.0 Å². The van der Waals surface area contributed by atoms with E-state index in [1.54, 1.807) is 25.1 Å². The van der Waals surface area contributed by atoms with Crippen molar-refractivity contribution in [3.63, 3.8) is 0 Å². The van der Waals surface area contributed by atoms with Gasteiger partial charge in [-0.05, 0) is 69.1 Å². The molecule has 0 fully saturated rings. The highest BCUT2D eigenvalue weighted by Gasteiger charge is 2.17. The molecule has 0 aliphatic carbocycles. The minimum atomic E-state index is -3.49. The monoisotopic (exact) mass is 433 g/mol. The highest BCUT2D eigenvalue weighted by Crippen LogP contribution is 2.21. The summed E-state index contributed by atoms with van der Waals surface area (Å²) in [7, 11) is -2.15. The summed E-state index contributed by atoms with van der Waals surface area (Å²) in [5.41, 5.74) is 7.54. The molecule has 1 atom stereocenters. The topological polar surface area (TPSA) is 114 Å². The summed E-state index contributed by atoms with van der Waals surface area (Å²) in [5, 5.41) is 0. The Labute approximate surface area is 177 Å². The lowest BCUT2D eigenvalue weighted by Gasteiger charge is -2.17. The van der Waals surface area contributed by atoms with Crippen LogP contribution < -0.4 is 20.3 Å². The molecule has 0 radical (unpaired) electrons. The number of ether oxygens (including phenoxy) is 1. The van der Waals surface area contributed by atoms with Crippen LogP contribution in [0.2, 0.25) is 0 Å². The number of carbonyl (C=O) groups excluding carboxylic acids is 2. The molecule has 0 saturated carbocycles. The molecule has 1 unspecified atom stereocenters. The highest BCUT2D eigenvalue weighted by molar-refractivity contribution is 7.89. The largest absolute Gasteiger partial charge is 0.481 e. The van der Waals surface area contributed by atoms with Crippen LogP contribution in [0.5, 0.6) is 5.75 Å². The normalized spacial score (nSPS) is 12.1. The zero-order valence-corrected chi connectivity index (χ0v) is 18.3. The van der Waals surface area contributed by atoms with Gasteiger partial charge in [-0.15, -0.1) is 0 Å². The SMILES string of the molecule is CNS(=O)(=O)c1ccc(CCC(=O)NNC(=O)C(C)Oc2cccc(C)c2C)cc1. The average Bonchev–Trinajstić information content (AvgIpc) is 2.73. The number of hydrogen-bond donors (Lipinski definition) is 3. The van der Waals surface area contributed by atoms with Gasteiger partial charge in [0, 0.05) is 6.42 Å². The molecule has 2 aromatic rings. The summed E-state index contributed by atoms with van der Waals surface area (Å²) in [6.45, 7) is 5.47. The second kappa shape index (κ2) is 10.2. The van der Waals surface area contributed by atoms with E-state index in [4.69, 9.17) is 4.74 Å². The molecule has 8 nitrogen and oxygen atoms in total. The molecular formula is C21H27N3O5S. The Kier molecular flexibility index (Phi) is 7.96. The Morgan fingerprint density at radius 3 is 2.33 bits per heavy atom. The van der Waals surface area contributed by atoms with Gasteiger partial charge in [-0.2, -0.15) is 0 Å². The van der Waals surface area contributed by atoms with Gasteiger partial charge in [0.15, 0.2) is 6.10 Å². The number of hydrazine groups is 1. The first-order valence-corrected chi connectivity index (χ1v) is 11.0. The van der Waals surface area contributed by atoms with Gasteiger partial charge in [-0.1, -0.05) is 24.3 Å². The molecule has 0 spiro atoms. The summed E-state index contributed by atoms with van der Waals surface area (Å²) in [4.78, 5) is 24.3. The molecule has 0 heterocycles. The Balaban J connectivity index is 1.80. The fraction of sp³-hybridized carbons (Fsp3) is 0.333. The van der Waals surface area contributed by atoms with Gasteiger partial charge in [0.2, 0.25) is 15.9 Å². The van der Waals surface area contributed by atoms with Gasteiger partial charge in [0.25, 0.3) is 5.91 Å². The van der Waals surface area contributed by atoms with Gasteiger partial charge >= 0.3 is 0 Å². The van der Waals surface area contributed by atoms with Crippen LogP contribution in [-0.2, 0) is 26.0 Å². The summed E-state index contributed by atoms with van der Waals surface area (Å²) in [5.74, 6) is -0.215. The van der Waals surface area contributed by atoms with Crippen LogP contribution in [-0.4, -0.2) is 33.4 Å². The van der Waals surface area contributed by atoms with E-state index in [9.17, 15) is 18.0 Å². The van der Waals surface area contributed by atoms with Crippen molar-refractivity contribution in [1.29, 1.82) is 0 Å². The quantitative estimate of drug-likeness (QED) is 0.549. The third-order valence-corrected chi connectivity index (χ3v) is 6.13. The third-order valence-electron chi connectivity index (χ3n) is 4.70. The standard InChI is InChI=1S/C21H27N3O5S/c1-14-6-5-7-19(15(14)2)29-16(3)21(26)24-23-20(25)13-10-17-8-11-18(12-9-17)30(27,28)22-4/h5-9,11-12,16,22H,10,13H2,1-4H3,(H,23,25)(H,24,26). The summed E-state index contributed by atoms with van der Waals surface area (Å²) in [6.07, 6.45) is -0.256. The van der Waals surface area contributed by atoms with E-state index in [-0.39, 0.29) is 17.2 Å². The second-order valence-corrected chi connectivity index (χ2v) is 8.73. The van der Waals surface area contributed by atoms with E-state index in [1.807, 2.05) is 26.0 Å². The minimum Gasteiger partial charge on any atom is -0.481 e. The molecule has 2 rings (SSSR count). The fourth-order valence-electron chi connectivity index (χ4n) is 2.60. The predicted octanol–water partition coefficient (Wildman–Crippen LogP) is 1.76. The number of carbonyl (C=O) groups is 2. The second-order valence-electron chi connectivity index (χ2n) is 6.85. The number of aryl methyl sites for hydroxylation is 2. The molecule has 3 N–H and O–H groups in total. The summed E-state index contributed by atoms with van der Waals surface area (Å²) >= 11 is 0. The van der Waals surface area contributed by atoms with Crippen LogP contribution in [0.1, 0.15) is 30.0 Å². The molecule has 2 aromatic carbocycles. The zero-order valence-electron chi connectivity index (χ0n) is 17.5. The van der Waals surface area contributed by atoms with Crippen molar-refractivity contribution in [1.82, 2.24) is 15.6 Å². The first-order chi connectivity index (χ1) is 14.1. The number of rotatable bonds is 8. The van der Waals surface area contributed by atoms with Crippen LogP contribution in [0.25, 0.3) is 0 Å². The molecule has 30 heavy (non-hydrogen) atoms. The Bertz CT molecular complexity index is 1000. The number of sulfonamides is 1. The number of nitrogens with one attached hydrogen (secondary N) is 3. The van der Waals surface area contributed by atoms with Crippen molar-refractivity contribution in [3.8, 4) is 5.75 Å². The molecule has 0 aliphatic heterocycles. The van der Waals surface area contributed by atoms with Crippen molar-refractivity contribution in [3.05, 3.63) is 59.2 Å². The highest BCUT2D eigenvalue weighted by atomic mass is 32.2. The maximum atomic E-state index is 12.2. The lowest BCUT2D eigenvalue weighted by molar-refractivity contribution is -0.132. The van der Waals surface area contributed by atoms with E-state index in [2.05, 4.69) is 15.6 Å². The van der Waals surface area contributed by atoms with E-state index >= 15 is 0 Å². The molecule has 0 saturated heterocycles. The van der Waals surface area contributed by atoms with E-state index in [0.29, 0.717) is 12.2 Å². The summed E-state index contributed by atoms with van der Waals surface area (Å²) < 4.78 is 31.3. The molecular weight excluding hydrogens is 406 g/mol. The number of amides is 2. The predicted molar refractivity (Wildman–Crippen MR) is 113 cm³/mol. The third kappa shape index (κ3) is 6.30. The first-order valence-electron chi connectivity index (χ1n) is 9.48. The van der Waals surface area contributed by atoms with Gasteiger partial charge in [-0.25, -0.2) is 13.1 Å². The molecule has 162 valence electrons. The van der Waals surface area contributed by atoms with Crippen molar-refractivity contribution >= 4 is 21.8 Å². The van der Waals surface area contributed by atoms with Gasteiger partial charge in [0.05, 0.1) is 4.90 Å². The van der Waals surface area contributed by atoms with Gasteiger partial charge < -0.3 is 4.74 Å². The van der Waals surface area contributed by atoms with E-state index in [0.717, 1.165) is 16.7 Å². The van der Waals surface area contributed by atoms with E-state index in [1.165, 1.54) is 19.2 Å². The van der Waals surface area contributed by atoms with Crippen LogP contribution in [0.3, 0.4) is 0 Å². The van der Waals surface area contributed by atoms with Crippen LogP contribution >= 0.6 is 0 Å². The zero-order chi connectivity index (χ0) is 22.3. The van der Waals surface area contributed by atoms with Crippen molar-refractivity contribution in [2.45, 2.75) is 44.6 Å². The number of hydrogen-bond acceptors (Lipinski definition) is 5. The molecule has 0 aliphatic rings. The maximum Gasteiger partial charge on any atom is 0.279 e. The number of benzene rings is 2. The van der Waals surface area contributed by atoms with Crippen LogP contribution in [0.4, 0.5) is 0 Å². The lowest BCUT2D eigenvalue weighted by Crippen LogP contribution is -2.47. The van der Waals surface area contributed by atoms with Crippen molar-refractivity contribution < 1.29 is 22.7 Å². The fourth-order valence-corrected chi connectivity index (χ4v) is 3.33. The van der Waals surface area contributed by atoms with Crippen LogP contribution in [0.15, 0.2) is 47.4 Å². The maximum absolute atomic E-state index is 12.2. The Hall–Kier alpha value is -2.91. The summed E-state index contributed by atoms with van der Waals surface area (Å²) in [6, 6.07) is 11.9. The molecule has 2 amide bonds. The molecule has 0 bridgehead atoms. The Morgan fingerprint density at radius 2 is 1.70 bits per heavy atom. The first kappa shape index (κ1) is 23.4. The van der Waals surface area contributed by atoms with Crippen molar-refractivity contribution in [2.75, 3.05) is 7.05 Å². The smallest absolute Gasteiger partial charge is 0.279 e. The minimum absolute atomic E-state index is 0.130.